The van der Waals surface area contributed by atoms with Crippen LogP contribution in [0.25, 0.3) is 0 Å². The molecule has 3 rings (SSSR count). The molecule has 23 heavy (non-hydrogen) atoms. The normalized spacial score (nSPS) is 10.7. The molecule has 3 aromatic rings. The summed E-state index contributed by atoms with van der Waals surface area (Å²) in [5.74, 6) is 0.328. The molecule has 2 aromatic carbocycles. The summed E-state index contributed by atoms with van der Waals surface area (Å²) in [5, 5.41) is 10.1. The van der Waals surface area contributed by atoms with Gasteiger partial charge in [-0.25, -0.2) is 4.98 Å². The number of aryl methyl sites for hydroxylation is 1. The molecule has 0 fully saturated rings. The van der Waals surface area contributed by atoms with Gasteiger partial charge in [0.05, 0.1) is 12.1 Å². The number of rotatable bonds is 4. The van der Waals surface area contributed by atoms with Gasteiger partial charge >= 0.3 is 0 Å². The smallest absolute Gasteiger partial charge is 0.261 e. The molecule has 1 aromatic heterocycles. The van der Waals surface area contributed by atoms with Gasteiger partial charge in [0.2, 0.25) is 5.88 Å². The highest BCUT2D eigenvalue weighted by molar-refractivity contribution is 5.31. The van der Waals surface area contributed by atoms with Crippen molar-refractivity contribution >= 4 is 0 Å². The third-order valence-corrected chi connectivity index (χ3v) is 3.84. The summed E-state index contributed by atoms with van der Waals surface area (Å²) in [6.45, 7) is 2.18. The molecule has 4 heteroatoms. The van der Waals surface area contributed by atoms with E-state index in [4.69, 9.17) is 0 Å². The molecule has 0 aliphatic carbocycles. The van der Waals surface area contributed by atoms with E-state index in [0.29, 0.717) is 24.4 Å². The van der Waals surface area contributed by atoms with E-state index in [0.717, 1.165) is 11.1 Å². The SMILES string of the molecule is Cc1nc(O)c(Cc2ccccc2)c(=O)n1Cc1ccccc1. The van der Waals surface area contributed by atoms with Crippen LogP contribution in [-0.4, -0.2) is 14.7 Å². The molecule has 0 aliphatic rings. The Hall–Kier alpha value is -2.88. The van der Waals surface area contributed by atoms with Crippen LogP contribution >= 0.6 is 0 Å². The third-order valence-electron chi connectivity index (χ3n) is 3.84. The Morgan fingerprint density at radius 3 is 2.13 bits per heavy atom. The maximum atomic E-state index is 12.8. The first-order valence-corrected chi connectivity index (χ1v) is 7.52. The summed E-state index contributed by atoms with van der Waals surface area (Å²) < 4.78 is 1.60. The molecule has 1 heterocycles. The van der Waals surface area contributed by atoms with Gasteiger partial charge in [0.1, 0.15) is 5.82 Å². The van der Waals surface area contributed by atoms with E-state index in [2.05, 4.69) is 4.98 Å². The van der Waals surface area contributed by atoms with Crippen molar-refractivity contribution < 1.29 is 5.11 Å². The molecule has 0 saturated heterocycles. The highest BCUT2D eigenvalue weighted by Gasteiger charge is 2.14. The Balaban J connectivity index is 2.01. The maximum Gasteiger partial charge on any atom is 0.261 e. The lowest BCUT2D eigenvalue weighted by atomic mass is 10.1. The van der Waals surface area contributed by atoms with Gasteiger partial charge in [-0.15, -0.1) is 0 Å². The lowest BCUT2D eigenvalue weighted by Crippen LogP contribution is -2.27. The fraction of sp³-hybridized carbons (Fsp3) is 0.158. The average Bonchev–Trinajstić information content (AvgIpc) is 2.57. The van der Waals surface area contributed by atoms with E-state index in [1.54, 1.807) is 11.5 Å². The second kappa shape index (κ2) is 6.48. The van der Waals surface area contributed by atoms with Gasteiger partial charge < -0.3 is 5.11 Å². The maximum absolute atomic E-state index is 12.8. The minimum atomic E-state index is -0.192. The Kier molecular flexibility index (Phi) is 4.24. The molecule has 0 unspecified atom stereocenters. The number of hydrogen-bond donors (Lipinski definition) is 1. The summed E-state index contributed by atoms with van der Waals surface area (Å²) in [4.78, 5) is 16.9. The van der Waals surface area contributed by atoms with Gasteiger partial charge in [-0.05, 0) is 18.1 Å². The quantitative estimate of drug-likeness (QED) is 0.806. The Morgan fingerprint density at radius 1 is 0.957 bits per heavy atom. The third kappa shape index (κ3) is 3.31. The number of nitrogens with zero attached hydrogens (tertiary/aromatic N) is 2. The van der Waals surface area contributed by atoms with E-state index in [1.165, 1.54) is 0 Å². The van der Waals surface area contributed by atoms with Crippen LogP contribution in [0.5, 0.6) is 5.88 Å². The zero-order valence-electron chi connectivity index (χ0n) is 12.9. The monoisotopic (exact) mass is 306 g/mol. The second-order valence-corrected chi connectivity index (χ2v) is 5.50. The molecule has 0 atom stereocenters. The number of aromatic hydroxyl groups is 1. The van der Waals surface area contributed by atoms with Crippen LogP contribution in [0, 0.1) is 6.92 Å². The van der Waals surface area contributed by atoms with Crippen molar-refractivity contribution in [3.05, 3.63) is 93.5 Å². The van der Waals surface area contributed by atoms with E-state index in [-0.39, 0.29) is 11.4 Å². The predicted molar refractivity (Wildman–Crippen MR) is 89.7 cm³/mol. The first kappa shape index (κ1) is 15.0. The molecule has 0 bridgehead atoms. The summed E-state index contributed by atoms with van der Waals surface area (Å²) in [7, 11) is 0. The van der Waals surface area contributed by atoms with Crippen molar-refractivity contribution in [3.8, 4) is 5.88 Å². The molecule has 1 N–H and O–H groups in total. The van der Waals surface area contributed by atoms with Gasteiger partial charge in [0, 0.05) is 6.42 Å². The molecule has 0 spiro atoms. The van der Waals surface area contributed by atoms with Crippen molar-refractivity contribution in [2.24, 2.45) is 0 Å². The van der Waals surface area contributed by atoms with Gasteiger partial charge in [0.25, 0.3) is 5.56 Å². The predicted octanol–water partition coefficient (Wildman–Crippen LogP) is 2.90. The first-order chi connectivity index (χ1) is 11.1. The summed E-state index contributed by atoms with van der Waals surface area (Å²) in [6, 6.07) is 19.4. The fourth-order valence-electron chi connectivity index (χ4n) is 2.59. The van der Waals surface area contributed by atoms with Crippen LogP contribution in [0.1, 0.15) is 22.5 Å². The topological polar surface area (TPSA) is 55.1 Å². The van der Waals surface area contributed by atoms with E-state index in [9.17, 15) is 9.90 Å². The Morgan fingerprint density at radius 2 is 1.52 bits per heavy atom. The highest BCUT2D eigenvalue weighted by Crippen LogP contribution is 2.15. The van der Waals surface area contributed by atoms with E-state index >= 15 is 0 Å². The first-order valence-electron chi connectivity index (χ1n) is 7.52. The minimum absolute atomic E-state index is 0.180. The second-order valence-electron chi connectivity index (χ2n) is 5.50. The van der Waals surface area contributed by atoms with Crippen molar-refractivity contribution in [2.45, 2.75) is 19.9 Å². The van der Waals surface area contributed by atoms with Crippen LogP contribution in [0.4, 0.5) is 0 Å². The number of aromatic nitrogens is 2. The number of hydrogen-bond acceptors (Lipinski definition) is 3. The average molecular weight is 306 g/mol. The number of benzene rings is 2. The van der Waals surface area contributed by atoms with E-state index < -0.39 is 0 Å². The Labute approximate surface area is 134 Å². The molecule has 116 valence electrons. The van der Waals surface area contributed by atoms with Crippen molar-refractivity contribution in [1.82, 2.24) is 9.55 Å². The van der Waals surface area contributed by atoms with Crippen LogP contribution in [0.2, 0.25) is 0 Å². The lowest BCUT2D eigenvalue weighted by molar-refractivity contribution is 0.436. The highest BCUT2D eigenvalue weighted by atomic mass is 16.3. The molecular formula is C19H18N2O2. The molecule has 4 nitrogen and oxygen atoms in total. The van der Waals surface area contributed by atoms with Crippen LogP contribution in [0.3, 0.4) is 0 Å². The zero-order valence-corrected chi connectivity index (χ0v) is 12.9. The van der Waals surface area contributed by atoms with Crippen molar-refractivity contribution in [1.29, 1.82) is 0 Å². The summed E-state index contributed by atoms with van der Waals surface area (Å²) in [6.07, 6.45) is 0.369. The Bertz CT molecular complexity index is 787. The largest absolute Gasteiger partial charge is 0.493 e. The van der Waals surface area contributed by atoms with Gasteiger partial charge in [-0.1, -0.05) is 60.7 Å². The molecule has 0 radical (unpaired) electrons. The van der Waals surface area contributed by atoms with E-state index in [1.807, 2.05) is 60.7 Å². The van der Waals surface area contributed by atoms with Crippen molar-refractivity contribution in [3.63, 3.8) is 0 Å². The van der Waals surface area contributed by atoms with Crippen LogP contribution in [0.15, 0.2) is 65.5 Å². The molecule has 0 aliphatic heterocycles. The van der Waals surface area contributed by atoms with Gasteiger partial charge in [0.15, 0.2) is 0 Å². The van der Waals surface area contributed by atoms with Gasteiger partial charge in [-0.2, -0.15) is 0 Å². The minimum Gasteiger partial charge on any atom is -0.493 e. The zero-order chi connectivity index (χ0) is 16.2. The van der Waals surface area contributed by atoms with Gasteiger partial charge in [-0.3, -0.25) is 9.36 Å². The standard InChI is InChI=1S/C19H18N2O2/c1-14-20-18(22)17(12-15-8-4-2-5-9-15)19(23)21(14)13-16-10-6-3-7-11-16/h2-11,22H,12-13H2,1H3. The van der Waals surface area contributed by atoms with Crippen LogP contribution < -0.4 is 5.56 Å². The fourth-order valence-corrected chi connectivity index (χ4v) is 2.59. The summed E-state index contributed by atoms with van der Waals surface area (Å²) in [5.41, 5.74) is 2.13. The molecule has 0 amide bonds. The molecule has 0 saturated carbocycles. The molecular weight excluding hydrogens is 288 g/mol. The lowest BCUT2D eigenvalue weighted by Gasteiger charge is -2.13. The summed E-state index contributed by atoms with van der Waals surface area (Å²) >= 11 is 0. The van der Waals surface area contributed by atoms with Crippen LogP contribution in [-0.2, 0) is 13.0 Å². The van der Waals surface area contributed by atoms with Crippen molar-refractivity contribution in [2.75, 3.05) is 0 Å².